The highest BCUT2D eigenvalue weighted by Crippen LogP contribution is 2.30. The molecule has 0 bridgehead atoms. The second kappa shape index (κ2) is 8.93. The van der Waals surface area contributed by atoms with E-state index in [-0.39, 0.29) is 22.5 Å². The van der Waals surface area contributed by atoms with Gasteiger partial charge in [0.05, 0.1) is 9.77 Å². The van der Waals surface area contributed by atoms with Crippen molar-refractivity contribution < 1.29 is 17.9 Å². The van der Waals surface area contributed by atoms with Gasteiger partial charge in [0, 0.05) is 28.0 Å². The monoisotopic (exact) mass is 489 g/mol. The second-order valence-corrected chi connectivity index (χ2v) is 10.8. The number of aromatic nitrogens is 1. The highest BCUT2D eigenvalue weighted by atomic mass is 35.5. The standard InChI is InChI=1S/C22H20ClN3O4S2/c1-22(23)10-8-15(9-11-22)30-14-20(27)25-18-6-2-5-17-16(18)4-3-7-19(17)32(28,29)26-21-24-12-13-31-21/h2-10,12-13H,11,14H2,1H3,(H,24,26)(H,25,27). The van der Waals surface area contributed by atoms with E-state index in [1.165, 1.54) is 23.6 Å². The second-order valence-electron chi connectivity index (χ2n) is 7.36. The summed E-state index contributed by atoms with van der Waals surface area (Å²) in [7, 11) is -3.85. The molecule has 0 radical (unpaired) electrons. The number of thiazole rings is 1. The molecule has 2 N–H and O–H groups in total. The predicted octanol–water partition coefficient (Wildman–Crippen LogP) is 4.89. The number of hydrogen-bond donors (Lipinski definition) is 2. The first-order valence-corrected chi connectivity index (χ1v) is 12.4. The van der Waals surface area contributed by atoms with E-state index in [0.717, 1.165) is 0 Å². The van der Waals surface area contributed by atoms with Crippen LogP contribution in [0.2, 0.25) is 0 Å². The number of carbonyl (C=O) groups excluding carboxylic acids is 1. The average molecular weight is 490 g/mol. The highest BCUT2D eigenvalue weighted by molar-refractivity contribution is 7.93. The smallest absolute Gasteiger partial charge is 0.264 e. The summed E-state index contributed by atoms with van der Waals surface area (Å²) in [5.41, 5.74) is 0.490. The molecule has 1 aliphatic carbocycles. The van der Waals surface area contributed by atoms with Crippen molar-refractivity contribution in [2.24, 2.45) is 0 Å². The molecular weight excluding hydrogens is 470 g/mol. The average Bonchev–Trinajstić information content (AvgIpc) is 3.25. The molecule has 1 aliphatic rings. The number of hydrogen-bond acceptors (Lipinski definition) is 6. The number of sulfonamides is 1. The van der Waals surface area contributed by atoms with Crippen LogP contribution < -0.4 is 10.0 Å². The summed E-state index contributed by atoms with van der Waals surface area (Å²) in [6.07, 6.45) is 7.54. The van der Waals surface area contributed by atoms with Crippen molar-refractivity contribution in [2.75, 3.05) is 16.6 Å². The van der Waals surface area contributed by atoms with Crippen LogP contribution in [-0.2, 0) is 19.6 Å². The molecular formula is C22H20ClN3O4S2. The van der Waals surface area contributed by atoms with Gasteiger partial charge in [-0.25, -0.2) is 13.4 Å². The molecule has 166 valence electrons. The SMILES string of the molecule is CC1(Cl)C=CC(OCC(=O)Nc2cccc3c(S(=O)(=O)Nc4nccs4)cccc23)=CC1. The van der Waals surface area contributed by atoms with Gasteiger partial charge in [-0.1, -0.05) is 30.3 Å². The maximum absolute atomic E-state index is 12.9. The Morgan fingerprint density at radius 1 is 1.25 bits per heavy atom. The molecule has 1 heterocycles. The predicted molar refractivity (Wildman–Crippen MR) is 128 cm³/mol. The van der Waals surface area contributed by atoms with Gasteiger partial charge in [-0.05, 0) is 37.6 Å². The van der Waals surface area contributed by atoms with E-state index in [9.17, 15) is 13.2 Å². The third-order valence-corrected chi connectivity index (χ3v) is 7.26. The number of amides is 1. The van der Waals surface area contributed by atoms with E-state index in [4.69, 9.17) is 16.3 Å². The first-order chi connectivity index (χ1) is 15.2. The first kappa shape index (κ1) is 22.3. The molecule has 1 unspecified atom stereocenters. The number of alkyl halides is 1. The van der Waals surface area contributed by atoms with Gasteiger partial charge < -0.3 is 10.1 Å². The Hall–Kier alpha value is -2.88. The summed E-state index contributed by atoms with van der Waals surface area (Å²) in [6, 6.07) is 9.99. The Balaban J connectivity index is 1.52. The molecule has 32 heavy (non-hydrogen) atoms. The van der Waals surface area contributed by atoms with Gasteiger partial charge in [-0.2, -0.15) is 0 Å². The van der Waals surface area contributed by atoms with Crippen LogP contribution in [0.25, 0.3) is 10.8 Å². The molecule has 1 aromatic heterocycles. The molecule has 0 spiro atoms. The Bertz CT molecular complexity index is 1320. The molecule has 0 saturated heterocycles. The Kier molecular flexibility index (Phi) is 6.23. The first-order valence-electron chi connectivity index (χ1n) is 9.69. The zero-order valence-corrected chi connectivity index (χ0v) is 19.4. The maximum atomic E-state index is 12.9. The lowest BCUT2D eigenvalue weighted by atomic mass is 10.0. The van der Waals surface area contributed by atoms with Gasteiger partial charge in [0.15, 0.2) is 11.7 Å². The molecule has 4 rings (SSSR count). The van der Waals surface area contributed by atoms with Crippen molar-refractivity contribution in [1.82, 2.24) is 4.98 Å². The molecule has 10 heteroatoms. The Morgan fingerprint density at radius 3 is 2.75 bits per heavy atom. The number of nitrogens with zero attached hydrogens (tertiary/aromatic N) is 1. The van der Waals surface area contributed by atoms with Gasteiger partial charge in [0.25, 0.3) is 15.9 Å². The van der Waals surface area contributed by atoms with Crippen LogP contribution in [-0.4, -0.2) is 30.8 Å². The van der Waals surface area contributed by atoms with E-state index in [0.29, 0.717) is 28.6 Å². The number of nitrogens with one attached hydrogen (secondary N) is 2. The van der Waals surface area contributed by atoms with Gasteiger partial charge in [0.1, 0.15) is 5.76 Å². The molecule has 2 aromatic carbocycles. The molecule has 1 atom stereocenters. The minimum atomic E-state index is -3.85. The fraction of sp³-hybridized carbons (Fsp3) is 0.182. The summed E-state index contributed by atoms with van der Waals surface area (Å²) >= 11 is 7.42. The third kappa shape index (κ3) is 5.12. The highest BCUT2D eigenvalue weighted by Gasteiger charge is 2.21. The zero-order valence-electron chi connectivity index (χ0n) is 17.0. The van der Waals surface area contributed by atoms with Crippen LogP contribution in [0.15, 0.2) is 76.9 Å². The van der Waals surface area contributed by atoms with Gasteiger partial charge in [0.2, 0.25) is 0 Å². The summed E-state index contributed by atoms with van der Waals surface area (Å²) in [4.78, 5) is 16.1. The summed E-state index contributed by atoms with van der Waals surface area (Å²) in [5, 5.41) is 5.84. The van der Waals surface area contributed by atoms with Crippen molar-refractivity contribution in [3.05, 3.63) is 72.0 Å². The van der Waals surface area contributed by atoms with E-state index in [2.05, 4.69) is 15.0 Å². The minimum absolute atomic E-state index is 0.0965. The lowest BCUT2D eigenvalue weighted by molar-refractivity contribution is -0.119. The number of halogens is 1. The van der Waals surface area contributed by atoms with Crippen molar-refractivity contribution in [3.63, 3.8) is 0 Å². The number of rotatable bonds is 7. The minimum Gasteiger partial charge on any atom is -0.484 e. The molecule has 0 fully saturated rings. The van der Waals surface area contributed by atoms with Crippen molar-refractivity contribution >= 4 is 60.5 Å². The van der Waals surface area contributed by atoms with Crippen LogP contribution in [0.4, 0.5) is 10.8 Å². The molecule has 0 saturated carbocycles. The van der Waals surface area contributed by atoms with Gasteiger partial charge in [-0.15, -0.1) is 22.9 Å². The largest absolute Gasteiger partial charge is 0.484 e. The maximum Gasteiger partial charge on any atom is 0.264 e. The number of anilines is 2. The zero-order chi connectivity index (χ0) is 22.8. The van der Waals surface area contributed by atoms with Gasteiger partial charge >= 0.3 is 0 Å². The fourth-order valence-electron chi connectivity index (χ4n) is 3.20. The lowest BCUT2D eigenvalue weighted by Crippen LogP contribution is -2.20. The quantitative estimate of drug-likeness (QED) is 0.460. The van der Waals surface area contributed by atoms with Crippen LogP contribution in [0.1, 0.15) is 13.3 Å². The van der Waals surface area contributed by atoms with Crippen LogP contribution >= 0.6 is 22.9 Å². The molecule has 1 amide bonds. The summed E-state index contributed by atoms with van der Waals surface area (Å²) < 4.78 is 33.8. The molecule has 0 aliphatic heterocycles. The summed E-state index contributed by atoms with van der Waals surface area (Å²) in [6.45, 7) is 1.71. The fourth-order valence-corrected chi connectivity index (χ4v) is 5.35. The van der Waals surface area contributed by atoms with Crippen LogP contribution in [0.5, 0.6) is 0 Å². The number of allylic oxidation sites excluding steroid dienone is 3. The van der Waals surface area contributed by atoms with Crippen molar-refractivity contribution in [3.8, 4) is 0 Å². The van der Waals surface area contributed by atoms with E-state index < -0.39 is 14.9 Å². The van der Waals surface area contributed by atoms with Crippen LogP contribution in [0, 0.1) is 0 Å². The number of fused-ring (bicyclic) bond motifs is 1. The normalized spacial score (nSPS) is 18.2. The number of ether oxygens (including phenoxy) is 1. The number of carbonyl (C=O) groups is 1. The topological polar surface area (TPSA) is 97.4 Å². The van der Waals surface area contributed by atoms with Crippen LogP contribution in [0.3, 0.4) is 0 Å². The number of benzene rings is 2. The lowest BCUT2D eigenvalue weighted by Gasteiger charge is -2.20. The van der Waals surface area contributed by atoms with Crippen molar-refractivity contribution in [2.45, 2.75) is 23.1 Å². The van der Waals surface area contributed by atoms with Crippen molar-refractivity contribution in [1.29, 1.82) is 0 Å². The summed E-state index contributed by atoms with van der Waals surface area (Å²) in [5.74, 6) is 0.220. The third-order valence-electron chi connectivity index (χ3n) is 4.77. The van der Waals surface area contributed by atoms with E-state index in [1.54, 1.807) is 41.8 Å². The Morgan fingerprint density at radius 2 is 2.03 bits per heavy atom. The Labute approximate surface area is 194 Å². The van der Waals surface area contributed by atoms with Gasteiger partial charge in [-0.3, -0.25) is 9.52 Å². The molecule has 3 aromatic rings. The van der Waals surface area contributed by atoms with E-state index in [1.807, 2.05) is 19.1 Å². The molecule has 7 nitrogen and oxygen atoms in total. The van der Waals surface area contributed by atoms with E-state index >= 15 is 0 Å².